The van der Waals surface area contributed by atoms with Crippen molar-refractivity contribution >= 4 is 17.3 Å². The van der Waals surface area contributed by atoms with Gasteiger partial charge in [0.15, 0.2) is 23.0 Å². The van der Waals surface area contributed by atoms with Crippen molar-refractivity contribution in [3.63, 3.8) is 0 Å². The Hall–Kier alpha value is -3.49. The van der Waals surface area contributed by atoms with Gasteiger partial charge in [-0.1, -0.05) is 0 Å². The number of halogens is 1. The molecule has 0 aliphatic rings. The van der Waals surface area contributed by atoms with Crippen molar-refractivity contribution in [1.82, 2.24) is 15.0 Å². The minimum atomic E-state index is -1.12. The maximum absolute atomic E-state index is 13.8. The molecule has 0 atom stereocenters. The molecule has 9 heteroatoms. The molecule has 0 saturated carbocycles. The summed E-state index contributed by atoms with van der Waals surface area (Å²) in [5.74, 6) is -0.787. The second-order valence-electron chi connectivity index (χ2n) is 4.37. The molecule has 116 valence electrons. The maximum atomic E-state index is 13.8. The molecule has 0 spiro atoms. The fourth-order valence-electron chi connectivity index (χ4n) is 1.87. The lowest BCUT2D eigenvalue weighted by Gasteiger charge is -2.09. The first kappa shape index (κ1) is 14.4. The predicted octanol–water partition coefficient (Wildman–Crippen LogP) is 1.71. The van der Waals surface area contributed by atoms with Gasteiger partial charge in [-0.2, -0.15) is 0 Å². The number of hydrogen-bond acceptors (Lipinski definition) is 6. The van der Waals surface area contributed by atoms with Crippen molar-refractivity contribution < 1.29 is 18.7 Å². The first-order valence-corrected chi connectivity index (χ1v) is 6.31. The number of rotatable bonds is 3. The normalized spacial score (nSPS) is 10.5. The number of fused-ring (bicyclic) bond motifs is 1. The van der Waals surface area contributed by atoms with Crippen LogP contribution in [-0.2, 0) is 0 Å². The Labute approximate surface area is 127 Å². The molecular weight excluding hydrogens is 307 g/mol. The van der Waals surface area contributed by atoms with E-state index in [1.165, 1.54) is 24.4 Å². The van der Waals surface area contributed by atoms with Gasteiger partial charge in [0.2, 0.25) is 0 Å². The summed E-state index contributed by atoms with van der Waals surface area (Å²) in [6.45, 7) is 0. The number of nitrogens with one attached hydrogen (secondary N) is 1. The van der Waals surface area contributed by atoms with Gasteiger partial charge in [-0.15, -0.1) is 0 Å². The number of pyridine rings is 1. The lowest BCUT2D eigenvalue weighted by atomic mass is 10.3. The predicted molar refractivity (Wildman–Crippen MR) is 76.8 cm³/mol. The number of carbonyl (C=O) groups is 1. The van der Waals surface area contributed by atoms with Gasteiger partial charge in [0.25, 0.3) is 5.56 Å². The molecule has 0 radical (unpaired) electrons. The summed E-state index contributed by atoms with van der Waals surface area (Å²) >= 11 is 0. The van der Waals surface area contributed by atoms with Gasteiger partial charge in [0, 0.05) is 18.3 Å². The van der Waals surface area contributed by atoms with E-state index in [1.807, 2.05) is 0 Å². The summed E-state index contributed by atoms with van der Waals surface area (Å²) in [6.07, 6.45) is 1.40. The molecule has 0 fully saturated rings. The highest BCUT2D eigenvalue weighted by molar-refractivity contribution is 5.76. The highest BCUT2D eigenvalue weighted by Gasteiger charge is 2.11. The molecule has 1 aromatic carbocycles. The Morgan fingerprint density at radius 2 is 2.04 bits per heavy atom. The molecule has 3 aromatic rings. The smallest absolute Gasteiger partial charge is 0.410 e. The van der Waals surface area contributed by atoms with Crippen molar-refractivity contribution in [2.75, 3.05) is 0 Å². The number of amides is 1. The Balaban J connectivity index is 1.96. The van der Waals surface area contributed by atoms with Gasteiger partial charge in [0.05, 0.1) is 6.20 Å². The topological polar surface area (TPSA) is 120 Å². The van der Waals surface area contributed by atoms with Crippen LogP contribution in [0.5, 0.6) is 17.2 Å². The number of carbonyl (C=O) groups excluding carboxylic acids is 1. The molecule has 0 aliphatic heterocycles. The van der Waals surface area contributed by atoms with Gasteiger partial charge in [-0.05, 0) is 12.1 Å². The number of nitrogens with zero attached hydrogens (tertiary/aromatic N) is 2. The minimum Gasteiger partial charge on any atom is -0.455 e. The Kier molecular flexibility index (Phi) is 3.59. The van der Waals surface area contributed by atoms with Crippen LogP contribution in [0.25, 0.3) is 11.2 Å². The fraction of sp³-hybridized carbons (Fsp3) is 0. The zero-order valence-corrected chi connectivity index (χ0v) is 11.4. The van der Waals surface area contributed by atoms with Crippen molar-refractivity contribution in [2.24, 2.45) is 5.73 Å². The number of nitrogens with two attached hydrogens (primary N) is 1. The zero-order valence-electron chi connectivity index (χ0n) is 11.4. The van der Waals surface area contributed by atoms with E-state index >= 15 is 0 Å². The van der Waals surface area contributed by atoms with Crippen LogP contribution in [0, 0.1) is 5.82 Å². The van der Waals surface area contributed by atoms with E-state index in [9.17, 15) is 14.0 Å². The summed E-state index contributed by atoms with van der Waals surface area (Å²) < 4.78 is 23.8. The molecule has 2 aromatic heterocycles. The zero-order chi connectivity index (χ0) is 16.4. The quantitative estimate of drug-likeness (QED) is 0.759. The number of ether oxygens (including phenoxy) is 2. The average Bonchev–Trinajstić information content (AvgIpc) is 2.50. The van der Waals surface area contributed by atoms with Crippen molar-refractivity contribution in [1.29, 1.82) is 0 Å². The number of primary amides is 1. The van der Waals surface area contributed by atoms with E-state index in [0.29, 0.717) is 0 Å². The minimum absolute atomic E-state index is 0.122. The van der Waals surface area contributed by atoms with Gasteiger partial charge < -0.3 is 20.2 Å². The van der Waals surface area contributed by atoms with Gasteiger partial charge >= 0.3 is 6.09 Å². The molecular formula is C14H9FN4O4. The highest BCUT2D eigenvalue weighted by Crippen LogP contribution is 2.29. The van der Waals surface area contributed by atoms with Crippen LogP contribution in [0.3, 0.4) is 0 Å². The fourth-order valence-corrected chi connectivity index (χ4v) is 1.87. The molecule has 23 heavy (non-hydrogen) atoms. The van der Waals surface area contributed by atoms with E-state index in [-0.39, 0.29) is 28.4 Å². The third-order valence-electron chi connectivity index (χ3n) is 2.79. The van der Waals surface area contributed by atoms with Crippen LogP contribution in [0.2, 0.25) is 0 Å². The SMILES string of the molecule is NC(=O)Oc1ccc(Oc2ccnc3ncc(=O)[nH]c23)cc1F. The van der Waals surface area contributed by atoms with Crippen LogP contribution < -0.4 is 20.8 Å². The molecule has 3 rings (SSSR count). The van der Waals surface area contributed by atoms with Crippen molar-refractivity contribution in [3.8, 4) is 17.2 Å². The lowest BCUT2D eigenvalue weighted by Crippen LogP contribution is -2.16. The Morgan fingerprint density at radius 1 is 1.22 bits per heavy atom. The molecule has 8 nitrogen and oxygen atoms in total. The summed E-state index contributed by atoms with van der Waals surface area (Å²) in [4.78, 5) is 32.4. The molecule has 2 heterocycles. The van der Waals surface area contributed by atoms with Gasteiger partial charge in [0.1, 0.15) is 11.3 Å². The number of aromatic nitrogens is 3. The molecule has 0 aliphatic carbocycles. The van der Waals surface area contributed by atoms with Crippen LogP contribution in [0.4, 0.5) is 9.18 Å². The second-order valence-corrected chi connectivity index (χ2v) is 4.37. The van der Waals surface area contributed by atoms with E-state index < -0.39 is 17.5 Å². The number of hydrogen-bond donors (Lipinski definition) is 2. The van der Waals surface area contributed by atoms with Crippen LogP contribution in [-0.4, -0.2) is 21.0 Å². The summed E-state index contributed by atoms with van der Waals surface area (Å²) in [5.41, 5.74) is 4.95. The van der Waals surface area contributed by atoms with Crippen LogP contribution in [0.1, 0.15) is 0 Å². The largest absolute Gasteiger partial charge is 0.455 e. The Morgan fingerprint density at radius 3 is 2.78 bits per heavy atom. The maximum Gasteiger partial charge on any atom is 0.410 e. The number of aromatic amines is 1. The molecule has 3 N–H and O–H groups in total. The molecule has 0 bridgehead atoms. The summed E-state index contributed by atoms with van der Waals surface area (Å²) in [6, 6.07) is 5.08. The van der Waals surface area contributed by atoms with Crippen LogP contribution in [0.15, 0.2) is 41.5 Å². The van der Waals surface area contributed by atoms with Crippen molar-refractivity contribution in [3.05, 3.63) is 52.8 Å². The number of H-pyrrole nitrogens is 1. The van der Waals surface area contributed by atoms with Gasteiger partial charge in [-0.3, -0.25) is 4.79 Å². The number of benzene rings is 1. The monoisotopic (exact) mass is 316 g/mol. The van der Waals surface area contributed by atoms with Crippen molar-refractivity contribution in [2.45, 2.75) is 0 Å². The van der Waals surface area contributed by atoms with Crippen LogP contribution >= 0.6 is 0 Å². The van der Waals surface area contributed by atoms with E-state index in [1.54, 1.807) is 0 Å². The highest BCUT2D eigenvalue weighted by atomic mass is 19.1. The average molecular weight is 316 g/mol. The molecule has 0 saturated heterocycles. The summed E-state index contributed by atoms with van der Waals surface area (Å²) in [5, 5.41) is 0. The van der Waals surface area contributed by atoms with E-state index in [0.717, 1.165) is 12.3 Å². The third kappa shape index (κ3) is 3.07. The molecule has 1 amide bonds. The van der Waals surface area contributed by atoms with E-state index in [4.69, 9.17) is 10.5 Å². The second kappa shape index (κ2) is 5.72. The lowest BCUT2D eigenvalue weighted by molar-refractivity contribution is 0.208. The standard InChI is InChI=1S/C14H9FN4O4/c15-8-5-7(1-2-9(8)23-14(16)21)22-10-3-4-17-13-12(10)19-11(20)6-18-13/h1-6H,(H2,16,21)(H,19,20). The Bertz CT molecular complexity index is 957. The van der Waals surface area contributed by atoms with E-state index in [2.05, 4.69) is 19.7 Å². The first-order chi connectivity index (χ1) is 11.0. The first-order valence-electron chi connectivity index (χ1n) is 6.31. The third-order valence-corrected chi connectivity index (χ3v) is 2.79. The van der Waals surface area contributed by atoms with Gasteiger partial charge in [-0.25, -0.2) is 19.2 Å². The molecule has 0 unspecified atom stereocenters. The summed E-state index contributed by atoms with van der Waals surface area (Å²) in [7, 11) is 0.